The largest absolute Gasteiger partial charge is 0.396 e. The number of hydrogen-bond acceptors (Lipinski definition) is 3. The molecule has 0 saturated heterocycles. The Hall–Kier alpha value is 0.0700. The molecule has 0 radical (unpaired) electrons. The molecule has 3 nitrogen and oxygen atoms in total. The minimum absolute atomic E-state index is 0.000439. The summed E-state index contributed by atoms with van der Waals surface area (Å²) < 4.78 is 10.9. The summed E-state index contributed by atoms with van der Waals surface area (Å²) >= 11 is 0. The number of aliphatic hydroxyl groups excluding tert-OH is 1. The van der Waals surface area contributed by atoms with Crippen molar-refractivity contribution in [3.05, 3.63) is 0 Å². The fourth-order valence-electron chi connectivity index (χ4n) is 0.602. The Balaban J connectivity index is 3.26. The van der Waals surface area contributed by atoms with Gasteiger partial charge < -0.3 is 10.8 Å². The van der Waals surface area contributed by atoms with Gasteiger partial charge in [0.15, 0.2) is 0 Å². The third-order valence-corrected chi connectivity index (χ3v) is 2.62. The lowest BCUT2D eigenvalue weighted by Crippen LogP contribution is -2.24. The van der Waals surface area contributed by atoms with Crippen LogP contribution in [0.1, 0.15) is 13.3 Å². The van der Waals surface area contributed by atoms with E-state index in [-0.39, 0.29) is 12.6 Å². The van der Waals surface area contributed by atoms with Gasteiger partial charge in [-0.3, -0.25) is 4.21 Å². The highest BCUT2D eigenvalue weighted by Gasteiger charge is 2.01. The van der Waals surface area contributed by atoms with E-state index in [1.54, 1.807) is 0 Å². The van der Waals surface area contributed by atoms with Crippen molar-refractivity contribution in [2.75, 3.05) is 18.1 Å². The van der Waals surface area contributed by atoms with Gasteiger partial charge in [0.1, 0.15) is 0 Å². The van der Waals surface area contributed by atoms with E-state index < -0.39 is 10.8 Å². The topological polar surface area (TPSA) is 63.3 Å². The Bertz CT molecular complexity index is 106. The average molecular weight is 165 g/mol. The molecule has 0 aliphatic heterocycles. The molecule has 0 bridgehead atoms. The first-order valence-electron chi connectivity index (χ1n) is 3.38. The molecule has 0 aromatic heterocycles. The molecule has 0 aromatic rings. The van der Waals surface area contributed by atoms with Gasteiger partial charge in [-0.1, -0.05) is 0 Å². The van der Waals surface area contributed by atoms with Gasteiger partial charge in [-0.05, 0) is 13.3 Å². The van der Waals surface area contributed by atoms with Crippen LogP contribution in [0, 0.1) is 0 Å². The summed E-state index contributed by atoms with van der Waals surface area (Å²) in [6, 6.07) is -0.000439. The SMILES string of the molecule is CC(N)CS(=O)CCCO. The summed E-state index contributed by atoms with van der Waals surface area (Å²) in [4.78, 5) is 0. The first kappa shape index (κ1) is 10.1. The molecule has 10 heavy (non-hydrogen) atoms. The molecule has 62 valence electrons. The van der Waals surface area contributed by atoms with Crippen molar-refractivity contribution in [3.63, 3.8) is 0 Å². The van der Waals surface area contributed by atoms with Crippen molar-refractivity contribution in [3.8, 4) is 0 Å². The molecule has 0 fully saturated rings. The zero-order valence-electron chi connectivity index (χ0n) is 6.25. The summed E-state index contributed by atoms with van der Waals surface area (Å²) in [6.07, 6.45) is 0.610. The van der Waals surface area contributed by atoms with Crippen molar-refractivity contribution >= 4 is 10.8 Å². The molecule has 2 atom stereocenters. The molecule has 0 heterocycles. The Morgan fingerprint density at radius 2 is 2.30 bits per heavy atom. The second-order valence-electron chi connectivity index (χ2n) is 2.37. The van der Waals surface area contributed by atoms with Crippen molar-refractivity contribution in [1.82, 2.24) is 0 Å². The van der Waals surface area contributed by atoms with Crippen LogP contribution in [0.2, 0.25) is 0 Å². The highest BCUT2D eigenvalue weighted by atomic mass is 32.2. The molecule has 0 spiro atoms. The van der Waals surface area contributed by atoms with Crippen LogP contribution < -0.4 is 5.73 Å². The smallest absolute Gasteiger partial charge is 0.0439 e. The number of hydrogen-bond donors (Lipinski definition) is 2. The van der Waals surface area contributed by atoms with E-state index >= 15 is 0 Å². The van der Waals surface area contributed by atoms with Crippen LogP contribution in [-0.4, -0.2) is 33.5 Å². The fraction of sp³-hybridized carbons (Fsp3) is 1.00. The second kappa shape index (κ2) is 5.82. The van der Waals surface area contributed by atoms with Crippen LogP contribution in [0.15, 0.2) is 0 Å². The summed E-state index contributed by atoms with van der Waals surface area (Å²) in [7, 11) is -0.835. The van der Waals surface area contributed by atoms with Gasteiger partial charge >= 0.3 is 0 Å². The van der Waals surface area contributed by atoms with Crippen molar-refractivity contribution in [2.45, 2.75) is 19.4 Å². The molecule has 4 heteroatoms. The van der Waals surface area contributed by atoms with E-state index in [9.17, 15) is 4.21 Å². The summed E-state index contributed by atoms with van der Waals surface area (Å²) in [5.74, 6) is 1.11. The van der Waals surface area contributed by atoms with Crippen molar-refractivity contribution in [1.29, 1.82) is 0 Å². The Morgan fingerprint density at radius 1 is 1.70 bits per heavy atom. The lowest BCUT2D eigenvalue weighted by atomic mass is 10.4. The van der Waals surface area contributed by atoms with Gasteiger partial charge in [-0.25, -0.2) is 0 Å². The van der Waals surface area contributed by atoms with E-state index in [4.69, 9.17) is 10.8 Å². The van der Waals surface area contributed by atoms with Gasteiger partial charge in [0.25, 0.3) is 0 Å². The average Bonchev–Trinajstić information content (AvgIpc) is 1.82. The monoisotopic (exact) mass is 165 g/mol. The maximum atomic E-state index is 10.9. The molecular weight excluding hydrogens is 150 g/mol. The van der Waals surface area contributed by atoms with Gasteiger partial charge in [0, 0.05) is 35.0 Å². The molecule has 0 aliphatic rings. The molecule has 0 saturated carbocycles. The molecule has 0 amide bonds. The van der Waals surface area contributed by atoms with Gasteiger partial charge in [0.05, 0.1) is 0 Å². The molecular formula is C6H15NO2S. The summed E-state index contributed by atoms with van der Waals surface area (Å²) in [5.41, 5.74) is 5.41. The predicted octanol–water partition coefficient (Wildman–Crippen LogP) is -0.535. The summed E-state index contributed by atoms with van der Waals surface area (Å²) in [6.45, 7) is 1.95. The highest BCUT2D eigenvalue weighted by molar-refractivity contribution is 7.85. The number of rotatable bonds is 5. The third-order valence-electron chi connectivity index (χ3n) is 0.979. The minimum Gasteiger partial charge on any atom is -0.396 e. The van der Waals surface area contributed by atoms with Crippen molar-refractivity contribution in [2.24, 2.45) is 5.73 Å². The zero-order valence-corrected chi connectivity index (χ0v) is 7.06. The van der Waals surface area contributed by atoms with E-state index in [1.165, 1.54) is 0 Å². The Kier molecular flexibility index (Phi) is 5.87. The number of nitrogens with two attached hydrogens (primary N) is 1. The van der Waals surface area contributed by atoms with Gasteiger partial charge in [-0.15, -0.1) is 0 Å². The first-order chi connectivity index (χ1) is 4.66. The van der Waals surface area contributed by atoms with E-state index in [0.29, 0.717) is 17.9 Å². The molecule has 0 rings (SSSR count). The minimum atomic E-state index is -0.835. The standard InChI is InChI=1S/C6H15NO2S/c1-6(7)5-10(9)4-2-3-8/h6,8H,2-5,7H2,1H3. The molecule has 0 aliphatic carbocycles. The predicted molar refractivity (Wildman–Crippen MR) is 43.2 cm³/mol. The fourth-order valence-corrected chi connectivity index (χ4v) is 1.81. The quantitative estimate of drug-likeness (QED) is 0.575. The van der Waals surface area contributed by atoms with E-state index in [1.807, 2.05) is 6.92 Å². The Labute approximate surface area is 64.1 Å². The highest BCUT2D eigenvalue weighted by Crippen LogP contribution is 1.89. The Morgan fingerprint density at radius 3 is 2.70 bits per heavy atom. The van der Waals surface area contributed by atoms with Gasteiger partial charge in [-0.2, -0.15) is 0 Å². The normalized spacial score (nSPS) is 16.7. The maximum Gasteiger partial charge on any atom is 0.0439 e. The van der Waals surface area contributed by atoms with E-state index in [0.717, 1.165) is 0 Å². The van der Waals surface area contributed by atoms with E-state index in [2.05, 4.69) is 0 Å². The molecule has 2 unspecified atom stereocenters. The van der Waals surface area contributed by atoms with Crippen LogP contribution in [0.25, 0.3) is 0 Å². The lowest BCUT2D eigenvalue weighted by molar-refractivity contribution is 0.296. The summed E-state index contributed by atoms with van der Waals surface area (Å²) in [5, 5.41) is 8.38. The van der Waals surface area contributed by atoms with Crippen LogP contribution in [0.3, 0.4) is 0 Å². The van der Waals surface area contributed by atoms with Crippen molar-refractivity contribution < 1.29 is 9.32 Å². The lowest BCUT2D eigenvalue weighted by Gasteiger charge is -2.03. The van der Waals surface area contributed by atoms with Crippen LogP contribution in [0.5, 0.6) is 0 Å². The number of aliphatic hydroxyl groups is 1. The molecule has 3 N–H and O–H groups in total. The van der Waals surface area contributed by atoms with Crippen LogP contribution in [-0.2, 0) is 10.8 Å². The van der Waals surface area contributed by atoms with Gasteiger partial charge in [0.2, 0.25) is 0 Å². The third kappa shape index (κ3) is 6.19. The van der Waals surface area contributed by atoms with Crippen LogP contribution >= 0.6 is 0 Å². The van der Waals surface area contributed by atoms with Crippen LogP contribution in [0.4, 0.5) is 0 Å². The zero-order chi connectivity index (χ0) is 7.98. The second-order valence-corrected chi connectivity index (χ2v) is 3.99. The first-order valence-corrected chi connectivity index (χ1v) is 4.87. The molecule has 0 aromatic carbocycles. The maximum absolute atomic E-state index is 10.9.